The summed E-state index contributed by atoms with van der Waals surface area (Å²) in [6.07, 6.45) is 8.37. The van der Waals surface area contributed by atoms with Crippen LogP contribution in [0, 0.1) is 5.92 Å². The molecule has 1 saturated carbocycles. The standard InChI is InChI=1S/C15H21N3/c16-18-17-15-12-5-4-10-14(15)11-6-9-13-7-2-1-3-8-13/h1-3,7-8,14-15H,4-6,9-12H2/t14-,15+/m0/s1. The summed E-state index contributed by atoms with van der Waals surface area (Å²) in [5.41, 5.74) is 10.0. The van der Waals surface area contributed by atoms with Crippen LogP contribution < -0.4 is 0 Å². The molecular formula is C15H21N3. The van der Waals surface area contributed by atoms with E-state index in [2.05, 4.69) is 40.4 Å². The third kappa shape index (κ3) is 3.78. The van der Waals surface area contributed by atoms with E-state index in [1.54, 1.807) is 0 Å². The Labute approximate surface area is 109 Å². The van der Waals surface area contributed by atoms with Crippen molar-refractivity contribution in [2.24, 2.45) is 11.0 Å². The van der Waals surface area contributed by atoms with Gasteiger partial charge in [0.1, 0.15) is 0 Å². The third-order valence-corrected chi connectivity index (χ3v) is 3.95. The Morgan fingerprint density at radius 3 is 2.72 bits per heavy atom. The SMILES string of the molecule is [N-]=[N+]=N[C@@H]1CCCC[C@H]1CCCc1ccccc1. The minimum atomic E-state index is 0.250. The van der Waals surface area contributed by atoms with Crippen molar-refractivity contribution in [3.05, 3.63) is 46.3 Å². The molecule has 3 nitrogen and oxygen atoms in total. The van der Waals surface area contributed by atoms with Gasteiger partial charge in [-0.1, -0.05) is 54.7 Å². The Morgan fingerprint density at radius 2 is 1.94 bits per heavy atom. The normalized spacial score (nSPS) is 23.3. The summed E-state index contributed by atoms with van der Waals surface area (Å²) in [6.45, 7) is 0. The molecule has 0 N–H and O–H groups in total. The average Bonchev–Trinajstić information content (AvgIpc) is 2.42. The van der Waals surface area contributed by atoms with Gasteiger partial charge in [0.25, 0.3) is 0 Å². The first-order valence-corrected chi connectivity index (χ1v) is 6.98. The molecule has 0 bridgehead atoms. The molecule has 0 amide bonds. The fourth-order valence-electron chi connectivity index (χ4n) is 2.96. The Balaban J connectivity index is 1.79. The molecule has 2 atom stereocenters. The van der Waals surface area contributed by atoms with E-state index in [9.17, 15) is 0 Å². The lowest BCUT2D eigenvalue weighted by atomic mass is 9.81. The van der Waals surface area contributed by atoms with Gasteiger partial charge in [0, 0.05) is 11.0 Å². The van der Waals surface area contributed by atoms with Crippen molar-refractivity contribution in [3.8, 4) is 0 Å². The van der Waals surface area contributed by atoms with Gasteiger partial charge < -0.3 is 0 Å². The van der Waals surface area contributed by atoms with E-state index in [-0.39, 0.29) is 6.04 Å². The Hall–Kier alpha value is -1.47. The average molecular weight is 243 g/mol. The van der Waals surface area contributed by atoms with Gasteiger partial charge in [-0.3, -0.25) is 0 Å². The van der Waals surface area contributed by atoms with Crippen molar-refractivity contribution in [3.63, 3.8) is 0 Å². The van der Waals surface area contributed by atoms with E-state index in [1.165, 1.54) is 37.7 Å². The van der Waals surface area contributed by atoms with Gasteiger partial charge in [-0.2, -0.15) is 0 Å². The quantitative estimate of drug-likeness (QED) is 0.402. The fourth-order valence-corrected chi connectivity index (χ4v) is 2.96. The van der Waals surface area contributed by atoms with Gasteiger partial charge in [0.05, 0.1) is 0 Å². The van der Waals surface area contributed by atoms with Crippen LogP contribution in [0.2, 0.25) is 0 Å². The molecule has 0 unspecified atom stereocenters. The lowest BCUT2D eigenvalue weighted by molar-refractivity contribution is 0.286. The van der Waals surface area contributed by atoms with Crippen LogP contribution in [0.15, 0.2) is 35.4 Å². The van der Waals surface area contributed by atoms with Crippen molar-refractivity contribution in [2.75, 3.05) is 0 Å². The summed E-state index contributed by atoms with van der Waals surface area (Å²) in [5, 5.41) is 3.97. The molecule has 96 valence electrons. The number of azide groups is 1. The highest BCUT2D eigenvalue weighted by molar-refractivity contribution is 5.14. The van der Waals surface area contributed by atoms with Crippen molar-refractivity contribution in [1.82, 2.24) is 0 Å². The van der Waals surface area contributed by atoms with Crippen molar-refractivity contribution >= 4 is 0 Å². The van der Waals surface area contributed by atoms with Crippen LogP contribution in [-0.2, 0) is 6.42 Å². The Morgan fingerprint density at radius 1 is 1.17 bits per heavy atom. The lowest BCUT2D eigenvalue weighted by Crippen LogP contribution is -2.22. The van der Waals surface area contributed by atoms with Gasteiger partial charge in [0.15, 0.2) is 0 Å². The smallest absolute Gasteiger partial charge is 0.0402 e. The molecule has 1 aromatic rings. The Bertz CT molecular complexity index is 395. The van der Waals surface area contributed by atoms with Crippen LogP contribution in [0.25, 0.3) is 10.4 Å². The molecule has 0 aliphatic heterocycles. The summed E-state index contributed by atoms with van der Waals surface area (Å²) in [4.78, 5) is 3.00. The molecule has 0 heterocycles. The number of nitrogens with zero attached hydrogens (tertiary/aromatic N) is 3. The highest BCUT2D eigenvalue weighted by atomic mass is 15.1. The van der Waals surface area contributed by atoms with Crippen LogP contribution >= 0.6 is 0 Å². The summed E-state index contributed by atoms with van der Waals surface area (Å²) in [7, 11) is 0. The number of hydrogen-bond acceptors (Lipinski definition) is 1. The van der Waals surface area contributed by atoms with E-state index in [4.69, 9.17) is 5.53 Å². The number of aryl methyl sites for hydroxylation is 1. The molecule has 0 spiro atoms. The van der Waals surface area contributed by atoms with E-state index >= 15 is 0 Å². The first-order valence-electron chi connectivity index (χ1n) is 6.98. The predicted molar refractivity (Wildman–Crippen MR) is 74.3 cm³/mol. The molecule has 0 saturated heterocycles. The predicted octanol–water partition coefficient (Wildman–Crippen LogP) is 4.88. The molecule has 0 radical (unpaired) electrons. The lowest BCUT2D eigenvalue weighted by Gasteiger charge is -2.28. The van der Waals surface area contributed by atoms with Crippen LogP contribution in [0.1, 0.15) is 44.1 Å². The topological polar surface area (TPSA) is 48.8 Å². The first kappa shape index (κ1) is 13.0. The second-order valence-corrected chi connectivity index (χ2v) is 5.19. The summed E-state index contributed by atoms with van der Waals surface area (Å²) >= 11 is 0. The van der Waals surface area contributed by atoms with E-state index in [0.29, 0.717) is 5.92 Å². The Kier molecular flexibility index (Phi) is 5.10. The second kappa shape index (κ2) is 7.07. The van der Waals surface area contributed by atoms with Crippen molar-refractivity contribution in [2.45, 2.75) is 51.0 Å². The van der Waals surface area contributed by atoms with Crippen LogP contribution in [-0.4, -0.2) is 6.04 Å². The summed E-state index contributed by atoms with van der Waals surface area (Å²) < 4.78 is 0. The summed E-state index contributed by atoms with van der Waals surface area (Å²) in [6, 6.07) is 10.9. The van der Waals surface area contributed by atoms with E-state index < -0.39 is 0 Å². The van der Waals surface area contributed by atoms with Crippen LogP contribution in [0.5, 0.6) is 0 Å². The maximum Gasteiger partial charge on any atom is 0.0402 e. The number of benzene rings is 1. The van der Waals surface area contributed by atoms with Gasteiger partial charge in [-0.05, 0) is 42.7 Å². The molecule has 1 aliphatic rings. The first-order chi connectivity index (χ1) is 8.90. The zero-order valence-corrected chi connectivity index (χ0v) is 10.8. The highest BCUT2D eigenvalue weighted by Crippen LogP contribution is 2.30. The van der Waals surface area contributed by atoms with E-state index in [1.807, 2.05) is 0 Å². The van der Waals surface area contributed by atoms with Gasteiger partial charge in [-0.25, -0.2) is 0 Å². The monoisotopic (exact) mass is 243 g/mol. The largest absolute Gasteiger partial charge is 0.0903 e. The van der Waals surface area contributed by atoms with Gasteiger partial charge in [0.2, 0.25) is 0 Å². The number of rotatable bonds is 5. The van der Waals surface area contributed by atoms with Gasteiger partial charge in [-0.15, -0.1) is 0 Å². The minimum Gasteiger partial charge on any atom is -0.0903 e. The molecule has 1 aromatic carbocycles. The third-order valence-electron chi connectivity index (χ3n) is 3.95. The number of hydrogen-bond donors (Lipinski definition) is 0. The zero-order chi connectivity index (χ0) is 12.6. The maximum atomic E-state index is 8.60. The second-order valence-electron chi connectivity index (χ2n) is 5.19. The van der Waals surface area contributed by atoms with Crippen molar-refractivity contribution in [1.29, 1.82) is 0 Å². The van der Waals surface area contributed by atoms with Gasteiger partial charge >= 0.3 is 0 Å². The summed E-state index contributed by atoms with van der Waals surface area (Å²) in [5.74, 6) is 0.610. The maximum absolute atomic E-state index is 8.60. The van der Waals surface area contributed by atoms with E-state index in [0.717, 1.165) is 12.8 Å². The molecule has 3 heteroatoms. The molecular weight excluding hydrogens is 222 g/mol. The molecule has 0 aromatic heterocycles. The van der Waals surface area contributed by atoms with Crippen LogP contribution in [0.4, 0.5) is 0 Å². The highest BCUT2D eigenvalue weighted by Gasteiger charge is 2.23. The van der Waals surface area contributed by atoms with Crippen LogP contribution in [0.3, 0.4) is 0 Å². The fraction of sp³-hybridized carbons (Fsp3) is 0.600. The zero-order valence-electron chi connectivity index (χ0n) is 10.8. The minimum absolute atomic E-state index is 0.250. The molecule has 1 fully saturated rings. The molecule has 1 aliphatic carbocycles. The molecule has 2 rings (SSSR count). The molecule has 18 heavy (non-hydrogen) atoms. The van der Waals surface area contributed by atoms with Crippen molar-refractivity contribution < 1.29 is 0 Å².